The van der Waals surface area contributed by atoms with E-state index in [9.17, 15) is 0 Å². The number of nitrogens with two attached hydrogens (primary N) is 1. The minimum atomic E-state index is 0.880. The van der Waals surface area contributed by atoms with Gasteiger partial charge in [-0.2, -0.15) is 0 Å². The second-order valence-electron chi connectivity index (χ2n) is 4.04. The van der Waals surface area contributed by atoms with Gasteiger partial charge in [-0.1, -0.05) is 37.6 Å². The van der Waals surface area contributed by atoms with Gasteiger partial charge in [-0.15, -0.1) is 11.3 Å². The van der Waals surface area contributed by atoms with Crippen molar-refractivity contribution in [2.24, 2.45) is 0 Å². The fourth-order valence-electron chi connectivity index (χ4n) is 1.75. The normalized spacial score (nSPS) is 10.6. The molecule has 2 rings (SSSR count). The molecule has 16 heavy (non-hydrogen) atoms. The molecule has 0 spiro atoms. The summed E-state index contributed by atoms with van der Waals surface area (Å²) in [5.41, 5.74) is 9.64. The third-order valence-electron chi connectivity index (χ3n) is 2.73. The van der Waals surface area contributed by atoms with Gasteiger partial charge in [-0.05, 0) is 35.6 Å². The summed E-state index contributed by atoms with van der Waals surface area (Å²) in [6, 6.07) is 10.8. The average molecular weight is 231 g/mol. The zero-order chi connectivity index (χ0) is 11.4. The molecule has 84 valence electrons. The highest BCUT2D eigenvalue weighted by atomic mass is 32.1. The molecule has 1 aromatic carbocycles. The molecule has 0 aliphatic rings. The maximum Gasteiger partial charge on any atom is 0.0862 e. The van der Waals surface area contributed by atoms with E-state index >= 15 is 0 Å². The topological polar surface area (TPSA) is 26.0 Å². The number of aryl methyl sites for hydroxylation is 1. The first-order valence-corrected chi connectivity index (χ1v) is 6.61. The highest BCUT2D eigenvalue weighted by Gasteiger charge is 2.00. The van der Waals surface area contributed by atoms with Crippen LogP contribution in [0.1, 0.15) is 25.3 Å². The van der Waals surface area contributed by atoms with E-state index in [0.29, 0.717) is 0 Å². The SMILES string of the molecule is CCCCc1ccc(-c2csc(N)c2)cc1. The summed E-state index contributed by atoms with van der Waals surface area (Å²) in [4.78, 5) is 0. The predicted octanol–water partition coefficient (Wildman–Crippen LogP) is 4.34. The van der Waals surface area contributed by atoms with Crippen molar-refractivity contribution in [1.29, 1.82) is 0 Å². The van der Waals surface area contributed by atoms with Crippen molar-refractivity contribution in [3.8, 4) is 11.1 Å². The van der Waals surface area contributed by atoms with E-state index in [4.69, 9.17) is 5.73 Å². The standard InChI is InChI=1S/C14H17NS/c1-2-3-4-11-5-7-12(8-6-11)13-9-14(15)16-10-13/h5-10H,2-4,15H2,1H3. The van der Waals surface area contributed by atoms with Crippen LogP contribution in [0.2, 0.25) is 0 Å². The molecule has 0 amide bonds. The second kappa shape index (κ2) is 5.17. The summed E-state index contributed by atoms with van der Waals surface area (Å²) in [7, 11) is 0. The van der Waals surface area contributed by atoms with Crippen molar-refractivity contribution < 1.29 is 0 Å². The highest BCUT2D eigenvalue weighted by molar-refractivity contribution is 7.14. The molecule has 0 saturated heterocycles. The van der Waals surface area contributed by atoms with Crippen LogP contribution in [-0.2, 0) is 6.42 Å². The Bertz CT molecular complexity index is 442. The van der Waals surface area contributed by atoms with Gasteiger partial charge in [0.1, 0.15) is 0 Å². The van der Waals surface area contributed by atoms with Crippen molar-refractivity contribution >= 4 is 16.3 Å². The number of rotatable bonds is 4. The Kier molecular flexibility index (Phi) is 3.62. The van der Waals surface area contributed by atoms with E-state index in [-0.39, 0.29) is 0 Å². The van der Waals surface area contributed by atoms with E-state index in [0.717, 1.165) is 5.00 Å². The van der Waals surface area contributed by atoms with Gasteiger partial charge in [0.25, 0.3) is 0 Å². The van der Waals surface area contributed by atoms with E-state index < -0.39 is 0 Å². The van der Waals surface area contributed by atoms with Gasteiger partial charge in [-0.25, -0.2) is 0 Å². The number of anilines is 1. The Labute approximate surface area is 101 Å². The van der Waals surface area contributed by atoms with E-state index in [1.165, 1.54) is 36.0 Å². The Morgan fingerprint density at radius 3 is 2.44 bits per heavy atom. The van der Waals surface area contributed by atoms with Crippen molar-refractivity contribution in [3.63, 3.8) is 0 Å². The molecule has 0 aliphatic carbocycles. The quantitative estimate of drug-likeness (QED) is 0.832. The first-order chi connectivity index (χ1) is 7.79. The van der Waals surface area contributed by atoms with Crippen LogP contribution in [0.5, 0.6) is 0 Å². The molecule has 1 aromatic heterocycles. The zero-order valence-corrected chi connectivity index (χ0v) is 10.4. The largest absolute Gasteiger partial charge is 0.391 e. The van der Waals surface area contributed by atoms with Crippen LogP contribution in [0.3, 0.4) is 0 Å². The fourth-order valence-corrected chi connectivity index (χ4v) is 2.41. The highest BCUT2D eigenvalue weighted by Crippen LogP contribution is 2.27. The third-order valence-corrected chi connectivity index (χ3v) is 3.49. The van der Waals surface area contributed by atoms with Gasteiger partial charge >= 0.3 is 0 Å². The molecule has 2 heteroatoms. The zero-order valence-electron chi connectivity index (χ0n) is 9.57. The number of benzene rings is 1. The molecule has 0 saturated carbocycles. The fraction of sp³-hybridized carbons (Fsp3) is 0.286. The van der Waals surface area contributed by atoms with Crippen molar-refractivity contribution in [2.75, 3.05) is 5.73 Å². The molecule has 2 aromatic rings. The molecular formula is C14H17NS. The van der Waals surface area contributed by atoms with Crippen molar-refractivity contribution in [3.05, 3.63) is 41.3 Å². The number of nitrogen functional groups attached to an aromatic ring is 1. The van der Waals surface area contributed by atoms with Crippen LogP contribution in [-0.4, -0.2) is 0 Å². The summed E-state index contributed by atoms with van der Waals surface area (Å²) < 4.78 is 0. The molecule has 1 heterocycles. The van der Waals surface area contributed by atoms with E-state index in [1.54, 1.807) is 11.3 Å². The first kappa shape index (κ1) is 11.2. The van der Waals surface area contributed by atoms with E-state index in [2.05, 4.69) is 36.6 Å². The Morgan fingerprint density at radius 1 is 1.12 bits per heavy atom. The number of hydrogen-bond acceptors (Lipinski definition) is 2. The number of thiophene rings is 1. The average Bonchev–Trinajstić information content (AvgIpc) is 2.74. The van der Waals surface area contributed by atoms with Crippen LogP contribution in [0.25, 0.3) is 11.1 Å². The van der Waals surface area contributed by atoms with Gasteiger partial charge in [0, 0.05) is 5.38 Å². The molecule has 2 N–H and O–H groups in total. The molecule has 0 bridgehead atoms. The lowest BCUT2D eigenvalue weighted by Gasteiger charge is -2.02. The molecule has 0 radical (unpaired) electrons. The Morgan fingerprint density at radius 2 is 1.88 bits per heavy atom. The summed E-state index contributed by atoms with van der Waals surface area (Å²) in [6.07, 6.45) is 3.70. The van der Waals surface area contributed by atoms with Crippen LogP contribution in [0, 0.1) is 0 Å². The third kappa shape index (κ3) is 2.64. The van der Waals surface area contributed by atoms with Gasteiger partial charge in [0.05, 0.1) is 5.00 Å². The molecule has 0 fully saturated rings. The van der Waals surface area contributed by atoms with Crippen LogP contribution >= 0.6 is 11.3 Å². The number of hydrogen-bond donors (Lipinski definition) is 1. The lowest BCUT2D eigenvalue weighted by molar-refractivity contribution is 0.795. The second-order valence-corrected chi connectivity index (χ2v) is 4.98. The molecule has 1 nitrogen and oxygen atoms in total. The minimum absolute atomic E-state index is 0.880. The minimum Gasteiger partial charge on any atom is -0.391 e. The maximum absolute atomic E-state index is 5.73. The molecular weight excluding hydrogens is 214 g/mol. The first-order valence-electron chi connectivity index (χ1n) is 5.73. The van der Waals surface area contributed by atoms with E-state index in [1.807, 2.05) is 6.07 Å². The smallest absolute Gasteiger partial charge is 0.0862 e. The van der Waals surface area contributed by atoms with Crippen LogP contribution < -0.4 is 5.73 Å². The van der Waals surface area contributed by atoms with Crippen LogP contribution in [0.4, 0.5) is 5.00 Å². The van der Waals surface area contributed by atoms with Crippen molar-refractivity contribution in [1.82, 2.24) is 0 Å². The molecule has 0 atom stereocenters. The van der Waals surface area contributed by atoms with Gasteiger partial charge in [0.15, 0.2) is 0 Å². The Hall–Kier alpha value is -1.28. The predicted molar refractivity (Wildman–Crippen MR) is 72.8 cm³/mol. The summed E-state index contributed by atoms with van der Waals surface area (Å²) in [5.74, 6) is 0. The lowest BCUT2D eigenvalue weighted by Crippen LogP contribution is -1.84. The summed E-state index contributed by atoms with van der Waals surface area (Å²) in [6.45, 7) is 2.22. The molecule has 0 unspecified atom stereocenters. The Balaban J connectivity index is 2.13. The maximum atomic E-state index is 5.73. The summed E-state index contributed by atoms with van der Waals surface area (Å²) >= 11 is 1.60. The van der Waals surface area contributed by atoms with Crippen molar-refractivity contribution in [2.45, 2.75) is 26.2 Å². The molecule has 0 aliphatic heterocycles. The van der Waals surface area contributed by atoms with Gasteiger partial charge in [0.2, 0.25) is 0 Å². The van der Waals surface area contributed by atoms with Gasteiger partial charge in [-0.3, -0.25) is 0 Å². The lowest BCUT2D eigenvalue weighted by atomic mass is 10.0. The van der Waals surface area contributed by atoms with Crippen LogP contribution in [0.15, 0.2) is 35.7 Å². The summed E-state index contributed by atoms with van der Waals surface area (Å²) in [5, 5.41) is 2.99. The number of unbranched alkanes of at least 4 members (excludes halogenated alkanes) is 1. The van der Waals surface area contributed by atoms with Gasteiger partial charge < -0.3 is 5.73 Å². The monoisotopic (exact) mass is 231 g/mol.